The molecule has 0 fully saturated rings. The average molecular weight is 376 g/mol. The van der Waals surface area contributed by atoms with Gasteiger partial charge in [-0.15, -0.1) is 11.3 Å². The van der Waals surface area contributed by atoms with Gasteiger partial charge in [-0.3, -0.25) is 0 Å². The summed E-state index contributed by atoms with van der Waals surface area (Å²) in [5.74, 6) is 2.64. The normalized spacial score (nSPS) is 10.9. The van der Waals surface area contributed by atoms with Crippen LogP contribution in [0.4, 0.5) is 0 Å². The Balaban J connectivity index is 1.79. The molecule has 1 N–H and O–H groups in total. The maximum absolute atomic E-state index is 9.86. The molecule has 0 saturated heterocycles. The van der Waals surface area contributed by atoms with Gasteiger partial charge < -0.3 is 14.6 Å². The Hall–Kier alpha value is -2.98. The van der Waals surface area contributed by atoms with Crippen molar-refractivity contribution in [3.63, 3.8) is 0 Å². The molecule has 0 aliphatic carbocycles. The first kappa shape index (κ1) is 17.4. The van der Waals surface area contributed by atoms with Crippen LogP contribution in [0.25, 0.3) is 20.5 Å². The van der Waals surface area contributed by atoms with Gasteiger partial charge in [-0.1, -0.05) is 29.8 Å². The minimum Gasteiger partial charge on any atom is -0.508 e. The molecule has 3 nitrogen and oxygen atoms in total. The fourth-order valence-electron chi connectivity index (χ4n) is 2.95. The molecule has 4 aromatic rings. The highest BCUT2D eigenvalue weighted by Gasteiger charge is 2.17. The van der Waals surface area contributed by atoms with E-state index in [2.05, 4.69) is 31.2 Å². The average Bonchev–Trinajstić information content (AvgIpc) is 3.01. The lowest BCUT2D eigenvalue weighted by Crippen LogP contribution is -1.91. The van der Waals surface area contributed by atoms with Crippen molar-refractivity contribution in [3.05, 3.63) is 72.3 Å². The van der Waals surface area contributed by atoms with Crippen molar-refractivity contribution < 1.29 is 14.6 Å². The van der Waals surface area contributed by atoms with Crippen molar-refractivity contribution in [2.75, 3.05) is 6.61 Å². The summed E-state index contributed by atoms with van der Waals surface area (Å²) in [7, 11) is 0. The van der Waals surface area contributed by atoms with Crippen molar-refractivity contribution >= 4 is 21.4 Å². The van der Waals surface area contributed by atoms with Crippen LogP contribution in [0, 0.1) is 6.92 Å². The van der Waals surface area contributed by atoms with Gasteiger partial charge in [0, 0.05) is 10.1 Å². The molecule has 1 aromatic heterocycles. The Kier molecular flexibility index (Phi) is 4.73. The molecule has 0 saturated carbocycles. The van der Waals surface area contributed by atoms with Gasteiger partial charge >= 0.3 is 0 Å². The molecular formula is C23H20O3S. The summed E-state index contributed by atoms with van der Waals surface area (Å²) in [6, 6.07) is 21.4. The smallest absolute Gasteiger partial charge is 0.153 e. The number of hydrogen-bond donors (Lipinski definition) is 1. The van der Waals surface area contributed by atoms with Crippen molar-refractivity contribution in [2.24, 2.45) is 0 Å². The van der Waals surface area contributed by atoms with Crippen molar-refractivity contribution in [1.82, 2.24) is 0 Å². The number of rotatable bonds is 5. The van der Waals surface area contributed by atoms with Gasteiger partial charge in [-0.25, -0.2) is 0 Å². The van der Waals surface area contributed by atoms with E-state index >= 15 is 0 Å². The Bertz CT molecular complexity index is 1060. The van der Waals surface area contributed by atoms with Gasteiger partial charge in [0.25, 0.3) is 0 Å². The first-order valence-electron chi connectivity index (χ1n) is 8.87. The molecule has 0 unspecified atom stereocenters. The zero-order chi connectivity index (χ0) is 18.8. The van der Waals surface area contributed by atoms with Crippen LogP contribution in [0.1, 0.15) is 12.5 Å². The first-order valence-corrected chi connectivity index (χ1v) is 9.69. The largest absolute Gasteiger partial charge is 0.508 e. The predicted octanol–water partition coefficient (Wildman–Crippen LogP) is 6.77. The zero-order valence-electron chi connectivity index (χ0n) is 15.2. The quantitative estimate of drug-likeness (QED) is 0.417. The van der Waals surface area contributed by atoms with Crippen molar-refractivity contribution in [3.8, 4) is 33.4 Å². The Labute approximate surface area is 162 Å². The molecule has 4 heteroatoms. The van der Waals surface area contributed by atoms with Gasteiger partial charge in [0.15, 0.2) is 5.75 Å². The second-order valence-electron chi connectivity index (χ2n) is 6.31. The maximum Gasteiger partial charge on any atom is 0.153 e. The first-order chi connectivity index (χ1) is 13.1. The molecule has 0 aliphatic rings. The fraction of sp³-hybridized carbons (Fsp3) is 0.130. The van der Waals surface area contributed by atoms with Crippen LogP contribution >= 0.6 is 11.3 Å². The van der Waals surface area contributed by atoms with Gasteiger partial charge in [-0.05, 0) is 61.9 Å². The number of hydrogen-bond acceptors (Lipinski definition) is 4. The molecule has 0 radical (unpaired) electrons. The molecular weight excluding hydrogens is 356 g/mol. The number of fused-ring (bicyclic) bond motifs is 1. The van der Waals surface area contributed by atoms with Crippen molar-refractivity contribution in [1.29, 1.82) is 0 Å². The zero-order valence-corrected chi connectivity index (χ0v) is 16.0. The molecule has 1 heterocycles. The summed E-state index contributed by atoms with van der Waals surface area (Å²) in [4.78, 5) is 1.05. The van der Waals surface area contributed by atoms with Gasteiger partial charge in [0.2, 0.25) is 0 Å². The molecule has 0 amide bonds. The SMILES string of the molecule is CCOc1ccc(Oc2c(-c3ccc(C)cc3)sc3cc(O)ccc23)cc1. The number of phenolic OH excluding ortho intramolecular Hbond substituents is 1. The summed E-state index contributed by atoms with van der Waals surface area (Å²) < 4.78 is 12.8. The molecule has 3 aromatic carbocycles. The van der Waals surface area contributed by atoms with Crippen LogP contribution in [0.2, 0.25) is 0 Å². The highest BCUT2D eigenvalue weighted by atomic mass is 32.1. The molecule has 27 heavy (non-hydrogen) atoms. The summed E-state index contributed by atoms with van der Waals surface area (Å²) in [5.41, 5.74) is 2.31. The lowest BCUT2D eigenvalue weighted by atomic mass is 10.1. The van der Waals surface area contributed by atoms with E-state index in [9.17, 15) is 5.11 Å². The van der Waals surface area contributed by atoms with E-state index in [0.29, 0.717) is 6.61 Å². The van der Waals surface area contributed by atoms with Crippen LogP contribution in [-0.4, -0.2) is 11.7 Å². The van der Waals surface area contributed by atoms with Crippen LogP contribution in [-0.2, 0) is 0 Å². The standard InChI is InChI=1S/C23H20O3S/c1-3-25-18-9-11-19(12-10-18)26-22-20-13-8-17(24)14-21(20)27-23(22)16-6-4-15(2)5-7-16/h4-14,24H,3H2,1-2H3. The third-order valence-electron chi connectivity index (χ3n) is 4.30. The van der Waals surface area contributed by atoms with E-state index in [1.165, 1.54) is 5.56 Å². The molecule has 0 bridgehead atoms. The highest BCUT2D eigenvalue weighted by Crippen LogP contribution is 2.47. The topological polar surface area (TPSA) is 38.7 Å². The summed E-state index contributed by atoms with van der Waals surface area (Å²) in [6.07, 6.45) is 0. The van der Waals surface area contributed by atoms with E-state index < -0.39 is 0 Å². The maximum atomic E-state index is 9.86. The van der Waals surface area contributed by atoms with Crippen molar-refractivity contribution in [2.45, 2.75) is 13.8 Å². The lowest BCUT2D eigenvalue weighted by molar-refractivity contribution is 0.339. The third-order valence-corrected chi connectivity index (χ3v) is 5.48. The predicted molar refractivity (Wildman–Crippen MR) is 111 cm³/mol. The number of ether oxygens (including phenoxy) is 2. The molecule has 136 valence electrons. The van der Waals surface area contributed by atoms with Gasteiger partial charge in [-0.2, -0.15) is 0 Å². The number of thiophene rings is 1. The van der Waals surface area contributed by atoms with Crippen LogP contribution in [0.3, 0.4) is 0 Å². The molecule has 0 atom stereocenters. The summed E-state index contributed by atoms with van der Waals surface area (Å²) >= 11 is 1.62. The Morgan fingerprint density at radius 2 is 1.59 bits per heavy atom. The second-order valence-corrected chi connectivity index (χ2v) is 7.37. The van der Waals surface area contributed by atoms with E-state index in [1.54, 1.807) is 23.5 Å². The number of benzene rings is 3. The molecule has 4 rings (SSSR count). The lowest BCUT2D eigenvalue weighted by Gasteiger charge is -2.09. The number of aryl methyl sites for hydroxylation is 1. The van der Waals surface area contributed by atoms with E-state index in [-0.39, 0.29) is 5.75 Å². The van der Waals surface area contributed by atoms with E-state index in [4.69, 9.17) is 9.47 Å². The van der Waals surface area contributed by atoms with Gasteiger partial charge in [0.05, 0.1) is 11.5 Å². The Morgan fingerprint density at radius 1 is 0.889 bits per heavy atom. The van der Waals surface area contributed by atoms with Crippen LogP contribution in [0.5, 0.6) is 23.0 Å². The van der Waals surface area contributed by atoms with Crippen LogP contribution < -0.4 is 9.47 Å². The Morgan fingerprint density at radius 3 is 2.30 bits per heavy atom. The number of aromatic hydroxyl groups is 1. The highest BCUT2D eigenvalue weighted by molar-refractivity contribution is 7.22. The monoisotopic (exact) mass is 376 g/mol. The van der Waals surface area contributed by atoms with E-state index in [0.717, 1.165) is 37.8 Å². The minimum absolute atomic E-state index is 0.256. The molecule has 0 aliphatic heterocycles. The van der Waals surface area contributed by atoms with Crippen LogP contribution in [0.15, 0.2) is 66.7 Å². The van der Waals surface area contributed by atoms with Gasteiger partial charge in [0.1, 0.15) is 17.2 Å². The summed E-state index contributed by atoms with van der Waals surface area (Å²) in [5, 5.41) is 10.8. The third kappa shape index (κ3) is 3.62. The fourth-order valence-corrected chi connectivity index (χ4v) is 4.11. The minimum atomic E-state index is 0.256. The molecule has 0 spiro atoms. The summed E-state index contributed by atoms with van der Waals surface area (Å²) in [6.45, 7) is 4.67. The number of phenols is 1. The second kappa shape index (κ2) is 7.33. The van der Waals surface area contributed by atoms with E-state index in [1.807, 2.05) is 37.3 Å².